The Kier molecular flexibility index (Phi) is 8.91. The Morgan fingerprint density at radius 1 is 0.977 bits per heavy atom. The third kappa shape index (κ3) is 6.47. The van der Waals surface area contributed by atoms with Crippen LogP contribution in [0.1, 0.15) is 93.2 Å². The van der Waals surface area contributed by atoms with Crippen molar-refractivity contribution in [2.45, 2.75) is 87.7 Å². The number of nitrogens with one attached hydrogen (secondary N) is 2. The molecule has 0 aliphatic heterocycles. The number of aromatic nitrogens is 3. The van der Waals surface area contributed by atoms with Gasteiger partial charge in [0.2, 0.25) is 0 Å². The lowest BCUT2D eigenvalue weighted by atomic mass is 9.70. The molecule has 2 N–H and O–H groups in total. The van der Waals surface area contributed by atoms with Crippen LogP contribution in [0.25, 0.3) is 11.1 Å². The molecule has 0 bridgehead atoms. The SMILES string of the molecule is CNC(=O)OC1(C(=O)NC[C@H]2CC[C@H](c3ccc(N(C)C)nc3)CC2)CCCCC1c1cccc(-c2cnn(C3CC3)c2)c1. The van der Waals surface area contributed by atoms with Crippen LogP contribution >= 0.6 is 0 Å². The second-order valence-electron chi connectivity index (χ2n) is 13.2. The van der Waals surface area contributed by atoms with E-state index in [2.05, 4.69) is 61.9 Å². The van der Waals surface area contributed by atoms with Gasteiger partial charge in [0.05, 0.1) is 12.2 Å². The second kappa shape index (κ2) is 13.0. The molecule has 1 aromatic carbocycles. The number of hydrogen-bond acceptors (Lipinski definition) is 6. The van der Waals surface area contributed by atoms with E-state index in [1.54, 1.807) is 7.05 Å². The predicted octanol–water partition coefficient (Wildman–Crippen LogP) is 6.19. The summed E-state index contributed by atoms with van der Waals surface area (Å²) in [5, 5.41) is 10.4. The van der Waals surface area contributed by atoms with E-state index in [9.17, 15) is 9.59 Å². The zero-order valence-electron chi connectivity index (χ0n) is 26.3. The number of amides is 2. The van der Waals surface area contributed by atoms with Gasteiger partial charge in [-0.05, 0) is 92.4 Å². The molecule has 9 nitrogen and oxygen atoms in total. The molecule has 0 spiro atoms. The van der Waals surface area contributed by atoms with Gasteiger partial charge in [0.25, 0.3) is 5.91 Å². The molecule has 3 saturated carbocycles. The van der Waals surface area contributed by atoms with Crippen LogP contribution in [0.3, 0.4) is 0 Å². The third-order valence-corrected chi connectivity index (χ3v) is 9.96. The maximum absolute atomic E-state index is 14.2. The quantitative estimate of drug-likeness (QED) is 0.305. The van der Waals surface area contributed by atoms with E-state index in [0.29, 0.717) is 30.8 Å². The maximum Gasteiger partial charge on any atom is 0.407 e. The van der Waals surface area contributed by atoms with Crippen LogP contribution in [-0.2, 0) is 9.53 Å². The third-order valence-electron chi connectivity index (χ3n) is 9.96. The lowest BCUT2D eigenvalue weighted by Crippen LogP contribution is -2.56. The molecule has 44 heavy (non-hydrogen) atoms. The zero-order chi connectivity index (χ0) is 30.7. The first-order valence-corrected chi connectivity index (χ1v) is 16.3. The molecule has 0 saturated heterocycles. The van der Waals surface area contributed by atoms with E-state index in [4.69, 9.17) is 4.74 Å². The van der Waals surface area contributed by atoms with Gasteiger partial charge >= 0.3 is 6.09 Å². The van der Waals surface area contributed by atoms with E-state index in [1.807, 2.05) is 37.5 Å². The van der Waals surface area contributed by atoms with Crippen molar-refractivity contribution < 1.29 is 14.3 Å². The number of carbonyl (C=O) groups excluding carboxylic acids is 2. The van der Waals surface area contributed by atoms with Crippen molar-refractivity contribution in [1.82, 2.24) is 25.4 Å². The molecule has 6 rings (SSSR count). The van der Waals surface area contributed by atoms with Gasteiger partial charge < -0.3 is 20.3 Å². The van der Waals surface area contributed by atoms with Crippen molar-refractivity contribution in [3.05, 3.63) is 66.1 Å². The summed E-state index contributed by atoms with van der Waals surface area (Å²) in [7, 11) is 5.55. The molecule has 3 fully saturated rings. The number of carbonyl (C=O) groups is 2. The van der Waals surface area contributed by atoms with E-state index in [-0.39, 0.29) is 11.8 Å². The summed E-state index contributed by atoms with van der Waals surface area (Å²) < 4.78 is 8.15. The summed E-state index contributed by atoms with van der Waals surface area (Å²) in [6.45, 7) is 0.593. The Morgan fingerprint density at radius 2 is 1.80 bits per heavy atom. The summed E-state index contributed by atoms with van der Waals surface area (Å²) in [5.74, 6) is 1.45. The van der Waals surface area contributed by atoms with E-state index in [0.717, 1.165) is 67.5 Å². The standard InChI is InChI=1S/C35H46N6O3/c1-36-34(43)44-35(33(42)38-20-24-10-12-25(13-11-24)28-14-17-32(37-21-28)40(2)3)18-5-4-9-31(35)27-8-6-7-26(19-27)29-22-39-41(23-29)30-15-16-30/h6-8,14,17,19,21-25,30-31H,4-5,9-13,15-16,18,20H2,1-3H3,(H,36,43)(H,38,42)/t24-,25-,31?,35?. The van der Waals surface area contributed by atoms with Crippen molar-refractivity contribution in [3.8, 4) is 11.1 Å². The number of nitrogens with zero attached hydrogens (tertiary/aromatic N) is 4. The fourth-order valence-electron chi connectivity index (χ4n) is 7.19. The molecule has 0 radical (unpaired) electrons. The molecule has 2 unspecified atom stereocenters. The van der Waals surface area contributed by atoms with Crippen molar-refractivity contribution in [2.24, 2.45) is 5.92 Å². The largest absolute Gasteiger partial charge is 0.432 e. The van der Waals surface area contributed by atoms with Gasteiger partial charge in [-0.1, -0.05) is 36.8 Å². The summed E-state index contributed by atoms with van der Waals surface area (Å²) in [5.41, 5.74) is 3.19. The van der Waals surface area contributed by atoms with Crippen LogP contribution in [0.4, 0.5) is 10.6 Å². The van der Waals surface area contributed by atoms with E-state index < -0.39 is 11.7 Å². The Labute approximate surface area is 260 Å². The number of hydrogen-bond donors (Lipinski definition) is 2. The van der Waals surface area contributed by atoms with Crippen LogP contribution in [0, 0.1) is 5.92 Å². The van der Waals surface area contributed by atoms with Gasteiger partial charge in [0.1, 0.15) is 5.82 Å². The van der Waals surface area contributed by atoms with Crippen molar-refractivity contribution in [2.75, 3.05) is 32.6 Å². The normalized spacial score (nSPS) is 25.2. The average Bonchev–Trinajstić information content (AvgIpc) is 3.79. The molecule has 234 valence electrons. The zero-order valence-corrected chi connectivity index (χ0v) is 26.3. The number of anilines is 1. The number of rotatable bonds is 9. The van der Waals surface area contributed by atoms with E-state index >= 15 is 0 Å². The van der Waals surface area contributed by atoms with Crippen LogP contribution in [0.5, 0.6) is 0 Å². The maximum atomic E-state index is 14.2. The molecule has 9 heteroatoms. The Morgan fingerprint density at radius 3 is 2.50 bits per heavy atom. The number of ether oxygens (including phenoxy) is 1. The first-order chi connectivity index (χ1) is 21.4. The number of alkyl carbamates (subject to hydrolysis) is 1. The first-order valence-electron chi connectivity index (χ1n) is 16.3. The van der Waals surface area contributed by atoms with E-state index in [1.165, 1.54) is 18.4 Å². The van der Waals surface area contributed by atoms with Gasteiger partial charge in [-0.25, -0.2) is 9.78 Å². The fraction of sp³-hybridized carbons (Fsp3) is 0.543. The topological polar surface area (TPSA) is 101 Å². The molecule has 2 heterocycles. The van der Waals surface area contributed by atoms with Crippen LogP contribution in [0.2, 0.25) is 0 Å². The number of benzene rings is 1. The van der Waals surface area contributed by atoms with Crippen LogP contribution in [0.15, 0.2) is 55.0 Å². The lowest BCUT2D eigenvalue weighted by molar-refractivity contribution is -0.146. The minimum atomic E-state index is -1.26. The van der Waals surface area contributed by atoms with Crippen molar-refractivity contribution >= 4 is 17.8 Å². The van der Waals surface area contributed by atoms with Gasteiger partial charge in [0, 0.05) is 51.6 Å². The molecule has 3 aliphatic carbocycles. The Hall–Kier alpha value is -3.88. The highest BCUT2D eigenvalue weighted by Crippen LogP contribution is 2.45. The molecule has 2 amide bonds. The molecular formula is C35H46N6O3. The fourth-order valence-corrected chi connectivity index (χ4v) is 7.19. The summed E-state index contributed by atoms with van der Waals surface area (Å²) in [4.78, 5) is 33.5. The molecule has 2 atom stereocenters. The van der Waals surface area contributed by atoms with Gasteiger partial charge in [-0.3, -0.25) is 9.48 Å². The minimum absolute atomic E-state index is 0.177. The highest BCUT2D eigenvalue weighted by Gasteiger charge is 2.51. The monoisotopic (exact) mass is 598 g/mol. The smallest absolute Gasteiger partial charge is 0.407 e. The minimum Gasteiger partial charge on any atom is -0.432 e. The summed E-state index contributed by atoms with van der Waals surface area (Å²) in [6, 6.07) is 13.2. The van der Waals surface area contributed by atoms with Gasteiger partial charge in [-0.2, -0.15) is 5.10 Å². The van der Waals surface area contributed by atoms with Crippen LogP contribution in [-0.4, -0.2) is 60.1 Å². The van der Waals surface area contributed by atoms with Crippen LogP contribution < -0.4 is 15.5 Å². The number of pyridine rings is 1. The predicted molar refractivity (Wildman–Crippen MR) is 172 cm³/mol. The summed E-state index contributed by atoms with van der Waals surface area (Å²) in [6.07, 6.45) is 15.2. The molecular weight excluding hydrogens is 552 g/mol. The molecule has 3 aliphatic rings. The Balaban J connectivity index is 1.15. The molecule has 2 aromatic heterocycles. The van der Waals surface area contributed by atoms with Crippen molar-refractivity contribution in [1.29, 1.82) is 0 Å². The highest BCUT2D eigenvalue weighted by atomic mass is 16.6. The summed E-state index contributed by atoms with van der Waals surface area (Å²) >= 11 is 0. The Bertz CT molecular complexity index is 1440. The van der Waals surface area contributed by atoms with Gasteiger partial charge in [0.15, 0.2) is 5.60 Å². The first kappa shape index (κ1) is 30.2. The average molecular weight is 599 g/mol. The van der Waals surface area contributed by atoms with Crippen molar-refractivity contribution in [3.63, 3.8) is 0 Å². The van der Waals surface area contributed by atoms with Gasteiger partial charge in [-0.15, -0.1) is 0 Å². The lowest BCUT2D eigenvalue weighted by Gasteiger charge is -2.42. The second-order valence-corrected chi connectivity index (χ2v) is 13.2. The highest BCUT2D eigenvalue weighted by molar-refractivity contribution is 5.89. The molecule has 3 aromatic rings.